The Morgan fingerprint density at radius 3 is 1.08 bits per heavy atom. The number of carbonyl (C=O) groups is 1. The molecule has 0 saturated carbocycles. The lowest BCUT2D eigenvalue weighted by Crippen LogP contribution is -2.46. The lowest BCUT2D eigenvalue weighted by molar-refractivity contribution is -0.870. The number of phosphoric ester groups is 1. The van der Waals surface area contributed by atoms with Gasteiger partial charge in [0.05, 0.1) is 39.9 Å². The highest BCUT2D eigenvalue weighted by Gasteiger charge is 2.24. The molecule has 9 heteroatoms. The number of nitrogens with zero attached hydrogens (tertiary/aromatic N) is 1. The first kappa shape index (κ1) is 62.5. The Kier molecular flexibility index (Phi) is 46.2. The van der Waals surface area contributed by atoms with Gasteiger partial charge in [-0.3, -0.25) is 9.36 Å². The van der Waals surface area contributed by atoms with Gasteiger partial charge in [0.2, 0.25) is 5.91 Å². The molecule has 0 saturated heterocycles. The van der Waals surface area contributed by atoms with E-state index in [1.54, 1.807) is 0 Å². The molecule has 0 heterocycles. The summed E-state index contributed by atoms with van der Waals surface area (Å²) in [5.74, 6) is -0.157. The van der Waals surface area contributed by atoms with E-state index in [4.69, 9.17) is 9.05 Å². The third-order valence-corrected chi connectivity index (χ3v) is 14.1. The standard InChI is InChI=1S/C54H111N2O6P/c1-6-8-10-12-14-16-18-20-22-24-25-26-27-28-29-30-32-34-36-38-40-42-44-46-48-54(58)55-52(51-62-63(59,60)61-50-49-56(3,4)5)53(57)47-45-43-41-39-37-35-33-31-23-21-19-17-15-13-11-9-7-2/h52-53,57H,6-51H2,1-5H3,(H-,55,58,59,60)/t52-,53+/m0/s1. The number of amides is 1. The summed E-state index contributed by atoms with van der Waals surface area (Å²) in [5, 5.41) is 14.0. The van der Waals surface area contributed by atoms with Gasteiger partial charge in [-0.15, -0.1) is 0 Å². The largest absolute Gasteiger partial charge is 0.756 e. The van der Waals surface area contributed by atoms with E-state index in [0.29, 0.717) is 23.9 Å². The molecule has 0 aliphatic carbocycles. The third-order valence-electron chi connectivity index (χ3n) is 13.1. The van der Waals surface area contributed by atoms with Crippen LogP contribution in [0.2, 0.25) is 0 Å². The van der Waals surface area contributed by atoms with Crippen molar-refractivity contribution in [2.75, 3.05) is 40.9 Å². The van der Waals surface area contributed by atoms with Gasteiger partial charge in [-0.1, -0.05) is 271 Å². The lowest BCUT2D eigenvalue weighted by Gasteiger charge is -2.30. The van der Waals surface area contributed by atoms with Gasteiger partial charge in [0.1, 0.15) is 13.2 Å². The molecule has 0 aliphatic rings. The summed E-state index contributed by atoms with van der Waals surface area (Å²) < 4.78 is 23.4. The lowest BCUT2D eigenvalue weighted by atomic mass is 10.0. The Bertz CT molecular complexity index is 994. The summed E-state index contributed by atoms with van der Waals surface area (Å²) in [6, 6.07) is -0.794. The number of aliphatic hydroxyl groups excluding tert-OH is 1. The molecule has 0 aliphatic heterocycles. The second kappa shape index (κ2) is 46.6. The molecule has 2 N–H and O–H groups in total. The first-order valence-corrected chi connectivity index (χ1v) is 29.3. The Morgan fingerprint density at radius 1 is 0.492 bits per heavy atom. The minimum Gasteiger partial charge on any atom is -0.756 e. The molecule has 1 amide bonds. The van der Waals surface area contributed by atoms with Crippen molar-refractivity contribution in [3.8, 4) is 0 Å². The molecule has 0 bridgehead atoms. The van der Waals surface area contributed by atoms with Crippen LogP contribution < -0.4 is 10.2 Å². The molecule has 378 valence electrons. The molecule has 3 atom stereocenters. The summed E-state index contributed by atoms with van der Waals surface area (Å²) in [6.45, 7) is 4.77. The van der Waals surface area contributed by atoms with E-state index in [9.17, 15) is 19.4 Å². The van der Waals surface area contributed by atoms with Gasteiger partial charge in [0.15, 0.2) is 0 Å². The second-order valence-electron chi connectivity index (χ2n) is 20.7. The summed E-state index contributed by atoms with van der Waals surface area (Å²) in [7, 11) is 1.32. The topological polar surface area (TPSA) is 108 Å². The Labute approximate surface area is 393 Å². The van der Waals surface area contributed by atoms with Crippen molar-refractivity contribution < 1.29 is 32.9 Å². The zero-order chi connectivity index (χ0) is 46.4. The van der Waals surface area contributed by atoms with E-state index in [-0.39, 0.29) is 19.1 Å². The minimum absolute atomic E-state index is 0.0165. The third kappa shape index (κ3) is 49.2. The summed E-state index contributed by atoms with van der Waals surface area (Å²) >= 11 is 0. The van der Waals surface area contributed by atoms with Crippen LogP contribution in [0, 0.1) is 0 Å². The number of quaternary nitrogens is 1. The number of nitrogens with one attached hydrogen (secondary N) is 1. The van der Waals surface area contributed by atoms with E-state index >= 15 is 0 Å². The normalized spacial score (nSPS) is 14.0. The maximum Gasteiger partial charge on any atom is 0.268 e. The average Bonchev–Trinajstić information content (AvgIpc) is 3.24. The summed E-state index contributed by atoms with van der Waals surface area (Å²) in [6.07, 6.45) is 54.1. The quantitative estimate of drug-likeness (QED) is 0.0357. The minimum atomic E-state index is -4.56. The van der Waals surface area contributed by atoms with Crippen molar-refractivity contribution in [3.63, 3.8) is 0 Å². The number of rotatable bonds is 52. The Hall–Kier alpha value is -0.500. The number of aliphatic hydroxyl groups is 1. The Morgan fingerprint density at radius 2 is 0.778 bits per heavy atom. The van der Waals surface area contributed by atoms with Crippen molar-refractivity contribution in [3.05, 3.63) is 0 Å². The van der Waals surface area contributed by atoms with Crippen LogP contribution in [0.15, 0.2) is 0 Å². The first-order valence-electron chi connectivity index (χ1n) is 27.9. The van der Waals surface area contributed by atoms with Gasteiger partial charge in [0, 0.05) is 6.42 Å². The first-order chi connectivity index (χ1) is 30.5. The zero-order valence-corrected chi connectivity index (χ0v) is 44.0. The SMILES string of the molecule is CCCCCCCCCCCCCCCCCCCCCCCCCCC(=O)N[C@@H](COP(=O)([O-])OCC[N+](C)(C)C)[C@H](O)CCCCCCCCCCCCCCCCCCC. The number of unbranched alkanes of at least 4 members (excludes halogenated alkanes) is 39. The van der Waals surface area contributed by atoms with Gasteiger partial charge >= 0.3 is 0 Å². The van der Waals surface area contributed by atoms with Gasteiger partial charge in [-0.05, 0) is 12.8 Å². The maximum atomic E-state index is 13.0. The molecule has 1 unspecified atom stereocenters. The van der Waals surface area contributed by atoms with Crippen molar-refractivity contribution >= 4 is 13.7 Å². The summed E-state index contributed by atoms with van der Waals surface area (Å²) in [5.41, 5.74) is 0. The van der Waals surface area contributed by atoms with Gasteiger partial charge in [-0.25, -0.2) is 0 Å². The molecule has 0 spiro atoms. The van der Waals surface area contributed by atoms with Crippen LogP contribution in [0.4, 0.5) is 0 Å². The molecule has 0 rings (SSSR count). The number of hydrogen-bond donors (Lipinski definition) is 2. The Balaban J connectivity index is 4.12. The highest BCUT2D eigenvalue weighted by molar-refractivity contribution is 7.45. The van der Waals surface area contributed by atoms with E-state index in [1.165, 1.54) is 225 Å². The van der Waals surface area contributed by atoms with Crippen LogP contribution in [0.1, 0.15) is 290 Å². The van der Waals surface area contributed by atoms with Crippen LogP contribution >= 0.6 is 7.82 Å². The average molecular weight is 915 g/mol. The van der Waals surface area contributed by atoms with Crippen LogP contribution in [0.5, 0.6) is 0 Å². The molecule has 0 aromatic heterocycles. The van der Waals surface area contributed by atoms with E-state index in [0.717, 1.165) is 38.5 Å². The van der Waals surface area contributed by atoms with Crippen LogP contribution in [-0.4, -0.2) is 68.5 Å². The summed E-state index contributed by atoms with van der Waals surface area (Å²) in [4.78, 5) is 25.5. The molecule has 63 heavy (non-hydrogen) atoms. The predicted molar refractivity (Wildman–Crippen MR) is 270 cm³/mol. The maximum absolute atomic E-state index is 13.0. The molecule has 8 nitrogen and oxygen atoms in total. The molecule has 0 radical (unpaired) electrons. The van der Waals surface area contributed by atoms with E-state index < -0.39 is 20.0 Å². The fraction of sp³-hybridized carbons (Fsp3) is 0.981. The highest BCUT2D eigenvalue weighted by atomic mass is 31.2. The van der Waals surface area contributed by atoms with Crippen molar-refractivity contribution in [1.29, 1.82) is 0 Å². The number of phosphoric acid groups is 1. The predicted octanol–water partition coefficient (Wildman–Crippen LogP) is 15.9. The molecular weight excluding hydrogens is 804 g/mol. The van der Waals surface area contributed by atoms with Gasteiger partial charge < -0.3 is 28.8 Å². The zero-order valence-electron chi connectivity index (χ0n) is 43.1. The van der Waals surface area contributed by atoms with Crippen LogP contribution in [0.25, 0.3) is 0 Å². The van der Waals surface area contributed by atoms with Crippen LogP contribution in [-0.2, 0) is 18.4 Å². The fourth-order valence-electron chi connectivity index (χ4n) is 8.69. The van der Waals surface area contributed by atoms with Crippen molar-refractivity contribution in [2.45, 2.75) is 302 Å². The number of carbonyl (C=O) groups excluding carboxylic acids is 1. The fourth-order valence-corrected chi connectivity index (χ4v) is 9.41. The highest BCUT2D eigenvalue weighted by Crippen LogP contribution is 2.38. The van der Waals surface area contributed by atoms with E-state index in [1.807, 2.05) is 21.1 Å². The van der Waals surface area contributed by atoms with Gasteiger partial charge in [0.25, 0.3) is 7.82 Å². The number of hydrogen-bond acceptors (Lipinski definition) is 6. The van der Waals surface area contributed by atoms with Crippen LogP contribution in [0.3, 0.4) is 0 Å². The smallest absolute Gasteiger partial charge is 0.268 e. The molecular formula is C54H111N2O6P. The van der Waals surface area contributed by atoms with Gasteiger partial charge in [-0.2, -0.15) is 0 Å². The molecule has 0 fully saturated rings. The molecule has 0 aromatic rings. The van der Waals surface area contributed by atoms with Crippen molar-refractivity contribution in [1.82, 2.24) is 5.32 Å². The second-order valence-corrected chi connectivity index (χ2v) is 22.1. The molecule has 0 aromatic carbocycles. The van der Waals surface area contributed by atoms with E-state index in [2.05, 4.69) is 19.2 Å². The number of likely N-dealkylation sites (N-methyl/N-ethyl adjacent to an activating group) is 1. The van der Waals surface area contributed by atoms with Crippen molar-refractivity contribution in [2.24, 2.45) is 0 Å². The monoisotopic (exact) mass is 915 g/mol.